The minimum atomic E-state index is -0.119. The van der Waals surface area contributed by atoms with Crippen LogP contribution in [0.1, 0.15) is 62.3 Å². The van der Waals surface area contributed by atoms with Gasteiger partial charge in [0, 0.05) is 13.0 Å². The molecule has 0 aliphatic heterocycles. The predicted molar refractivity (Wildman–Crippen MR) is 112 cm³/mol. The Morgan fingerprint density at radius 2 is 2.03 bits per heavy atom. The number of aryl methyl sites for hydroxylation is 2. The smallest absolute Gasteiger partial charge is 0.233 e. The number of carbonyl (C=O) groups is 1. The molecule has 3 aromatic rings. The number of nitrogens with zero attached hydrogens (tertiary/aromatic N) is 6. The number of anilines is 1. The van der Waals surface area contributed by atoms with Crippen molar-refractivity contribution in [1.29, 1.82) is 0 Å². The Kier molecular flexibility index (Phi) is 4.52. The highest BCUT2D eigenvalue weighted by Crippen LogP contribution is 2.37. The fourth-order valence-corrected chi connectivity index (χ4v) is 4.10. The van der Waals surface area contributed by atoms with Crippen LogP contribution in [0.15, 0.2) is 18.0 Å². The van der Waals surface area contributed by atoms with Crippen molar-refractivity contribution < 1.29 is 4.79 Å². The molecule has 1 aliphatic rings. The Balaban J connectivity index is 1.93. The monoisotopic (exact) mass is 393 g/mol. The summed E-state index contributed by atoms with van der Waals surface area (Å²) in [4.78, 5) is 26.1. The first-order chi connectivity index (χ1) is 13.7. The van der Waals surface area contributed by atoms with Crippen LogP contribution in [0, 0.1) is 12.3 Å². The van der Waals surface area contributed by atoms with E-state index in [1.54, 1.807) is 0 Å². The van der Waals surface area contributed by atoms with Crippen LogP contribution in [0.2, 0.25) is 0 Å². The SMILES string of the molecule is CC(C)=CCCn1c(-n2nc(C)c3c2CC(C)(C)CC3=O)nc2c(N)ncnc21. The summed E-state index contributed by atoms with van der Waals surface area (Å²) in [7, 11) is 0. The lowest BCUT2D eigenvalue weighted by atomic mass is 9.75. The highest BCUT2D eigenvalue weighted by molar-refractivity contribution is 5.99. The Hall–Kier alpha value is -3.03. The van der Waals surface area contributed by atoms with Crippen LogP contribution in [-0.4, -0.2) is 35.1 Å². The molecular weight excluding hydrogens is 366 g/mol. The van der Waals surface area contributed by atoms with Crippen molar-refractivity contribution in [2.45, 2.75) is 60.4 Å². The van der Waals surface area contributed by atoms with Gasteiger partial charge in [-0.05, 0) is 39.0 Å². The molecular formula is C21H27N7O. The van der Waals surface area contributed by atoms with E-state index in [4.69, 9.17) is 15.8 Å². The number of nitrogens with two attached hydrogens (primary N) is 1. The van der Waals surface area contributed by atoms with Crippen LogP contribution < -0.4 is 5.73 Å². The number of imidazole rings is 1. The maximum atomic E-state index is 12.8. The number of aromatic nitrogens is 6. The summed E-state index contributed by atoms with van der Waals surface area (Å²) in [5.41, 5.74) is 10.8. The van der Waals surface area contributed by atoms with E-state index in [1.807, 2.05) is 16.2 Å². The molecule has 0 atom stereocenters. The molecule has 4 rings (SSSR count). The van der Waals surface area contributed by atoms with E-state index < -0.39 is 0 Å². The third kappa shape index (κ3) is 3.32. The molecule has 3 heterocycles. The van der Waals surface area contributed by atoms with E-state index in [9.17, 15) is 4.79 Å². The molecule has 0 bridgehead atoms. The minimum Gasteiger partial charge on any atom is -0.382 e. The lowest BCUT2D eigenvalue weighted by molar-refractivity contribution is 0.0910. The average Bonchev–Trinajstić information content (AvgIpc) is 3.13. The van der Waals surface area contributed by atoms with E-state index in [-0.39, 0.29) is 11.2 Å². The van der Waals surface area contributed by atoms with Crippen molar-refractivity contribution >= 4 is 22.8 Å². The number of carbonyl (C=O) groups excluding carboxylic acids is 1. The molecule has 0 saturated carbocycles. The van der Waals surface area contributed by atoms with E-state index in [2.05, 4.69) is 43.7 Å². The van der Waals surface area contributed by atoms with Gasteiger partial charge in [-0.3, -0.25) is 9.36 Å². The van der Waals surface area contributed by atoms with Gasteiger partial charge in [-0.15, -0.1) is 0 Å². The fourth-order valence-electron chi connectivity index (χ4n) is 4.10. The summed E-state index contributed by atoms with van der Waals surface area (Å²) >= 11 is 0. The van der Waals surface area contributed by atoms with Gasteiger partial charge < -0.3 is 5.73 Å². The van der Waals surface area contributed by atoms with E-state index in [1.165, 1.54) is 11.9 Å². The number of hydrogen-bond donors (Lipinski definition) is 1. The second-order valence-corrected chi connectivity index (χ2v) is 8.82. The second-order valence-electron chi connectivity index (χ2n) is 8.82. The van der Waals surface area contributed by atoms with Gasteiger partial charge in [0.25, 0.3) is 0 Å². The van der Waals surface area contributed by atoms with Crippen LogP contribution in [0.25, 0.3) is 17.1 Å². The zero-order valence-corrected chi connectivity index (χ0v) is 17.7. The molecule has 0 spiro atoms. The quantitative estimate of drug-likeness (QED) is 0.681. The number of Topliss-reactive ketones (excluding diaryl/α,β-unsaturated/α-hetero) is 1. The van der Waals surface area contributed by atoms with Crippen molar-refractivity contribution in [1.82, 2.24) is 29.3 Å². The first kappa shape index (κ1) is 19.3. The van der Waals surface area contributed by atoms with Crippen LogP contribution in [0.5, 0.6) is 0 Å². The molecule has 0 unspecified atom stereocenters. The number of allylic oxidation sites excluding steroid dienone is 2. The number of fused-ring (bicyclic) bond motifs is 2. The fraction of sp³-hybridized carbons (Fsp3) is 0.476. The predicted octanol–water partition coefficient (Wildman–Crippen LogP) is 3.41. The maximum absolute atomic E-state index is 12.8. The topological polar surface area (TPSA) is 105 Å². The molecule has 0 aromatic carbocycles. The summed E-state index contributed by atoms with van der Waals surface area (Å²) in [6, 6.07) is 0. The third-order valence-electron chi connectivity index (χ3n) is 5.35. The standard InChI is InChI=1S/C21H27N7O/c1-12(2)7-6-8-27-19-17(18(22)23-11-24-19)25-20(27)28-14-9-21(4,5)10-15(29)16(14)13(3)26-28/h7,11H,6,8-10H2,1-5H3,(H2,22,23,24). The van der Waals surface area contributed by atoms with Crippen molar-refractivity contribution in [2.24, 2.45) is 5.41 Å². The number of hydrogen-bond acceptors (Lipinski definition) is 6. The summed E-state index contributed by atoms with van der Waals surface area (Å²) in [5, 5.41) is 4.72. The molecule has 0 radical (unpaired) electrons. The minimum absolute atomic E-state index is 0.119. The van der Waals surface area contributed by atoms with Crippen molar-refractivity contribution in [3.63, 3.8) is 0 Å². The van der Waals surface area contributed by atoms with Gasteiger partial charge in [0.05, 0.1) is 17.0 Å². The maximum Gasteiger partial charge on any atom is 0.233 e. The molecule has 1 aliphatic carbocycles. The first-order valence-electron chi connectivity index (χ1n) is 9.90. The van der Waals surface area contributed by atoms with Gasteiger partial charge in [0.15, 0.2) is 22.8 Å². The van der Waals surface area contributed by atoms with Crippen molar-refractivity contribution in [3.05, 3.63) is 34.9 Å². The van der Waals surface area contributed by atoms with Gasteiger partial charge in [0.1, 0.15) is 6.33 Å². The van der Waals surface area contributed by atoms with Gasteiger partial charge in [-0.2, -0.15) is 5.10 Å². The van der Waals surface area contributed by atoms with Gasteiger partial charge in [-0.1, -0.05) is 25.5 Å². The highest BCUT2D eigenvalue weighted by atomic mass is 16.1. The van der Waals surface area contributed by atoms with E-state index >= 15 is 0 Å². The molecule has 29 heavy (non-hydrogen) atoms. The molecule has 2 N–H and O–H groups in total. The van der Waals surface area contributed by atoms with Crippen LogP contribution in [0.4, 0.5) is 5.82 Å². The van der Waals surface area contributed by atoms with Crippen molar-refractivity contribution in [2.75, 3.05) is 5.73 Å². The zero-order valence-electron chi connectivity index (χ0n) is 17.7. The van der Waals surface area contributed by atoms with Crippen LogP contribution in [-0.2, 0) is 13.0 Å². The van der Waals surface area contributed by atoms with Gasteiger partial charge in [0.2, 0.25) is 5.95 Å². The molecule has 8 nitrogen and oxygen atoms in total. The largest absolute Gasteiger partial charge is 0.382 e. The zero-order chi connectivity index (χ0) is 20.9. The first-order valence-corrected chi connectivity index (χ1v) is 9.90. The lowest BCUT2D eigenvalue weighted by Crippen LogP contribution is -2.28. The lowest BCUT2D eigenvalue weighted by Gasteiger charge is -2.29. The van der Waals surface area contributed by atoms with Gasteiger partial charge >= 0.3 is 0 Å². The third-order valence-corrected chi connectivity index (χ3v) is 5.35. The molecule has 8 heteroatoms. The summed E-state index contributed by atoms with van der Waals surface area (Å²) < 4.78 is 3.83. The Bertz CT molecular complexity index is 1150. The molecule has 0 saturated heterocycles. The molecule has 152 valence electrons. The normalized spacial score (nSPS) is 15.6. The molecule has 0 fully saturated rings. The molecule has 3 aromatic heterocycles. The Labute approximate surface area is 169 Å². The van der Waals surface area contributed by atoms with Crippen LogP contribution in [0.3, 0.4) is 0 Å². The number of rotatable bonds is 4. The number of ketones is 1. The number of nitrogen functional groups attached to an aromatic ring is 1. The Morgan fingerprint density at radius 1 is 1.28 bits per heavy atom. The van der Waals surface area contributed by atoms with E-state index in [0.717, 1.165) is 29.8 Å². The van der Waals surface area contributed by atoms with Crippen molar-refractivity contribution in [3.8, 4) is 5.95 Å². The highest BCUT2D eigenvalue weighted by Gasteiger charge is 2.36. The summed E-state index contributed by atoms with van der Waals surface area (Å²) in [6.07, 6.45) is 5.75. The second kappa shape index (κ2) is 6.79. The summed E-state index contributed by atoms with van der Waals surface area (Å²) in [5.74, 6) is 1.11. The summed E-state index contributed by atoms with van der Waals surface area (Å²) in [6.45, 7) is 10.9. The van der Waals surface area contributed by atoms with E-state index in [0.29, 0.717) is 35.9 Å². The van der Waals surface area contributed by atoms with Gasteiger partial charge in [-0.25, -0.2) is 19.6 Å². The average molecular weight is 393 g/mol. The molecule has 0 amide bonds. The van der Waals surface area contributed by atoms with Crippen LogP contribution >= 0.6 is 0 Å². The Morgan fingerprint density at radius 3 is 2.76 bits per heavy atom.